The van der Waals surface area contributed by atoms with Crippen molar-refractivity contribution < 1.29 is 13.5 Å². The maximum atomic E-state index is 14.0. The van der Waals surface area contributed by atoms with Gasteiger partial charge in [0.1, 0.15) is 0 Å². The van der Waals surface area contributed by atoms with E-state index < -0.39 is 11.6 Å². The van der Waals surface area contributed by atoms with Gasteiger partial charge < -0.3 is 10.5 Å². The van der Waals surface area contributed by atoms with Crippen molar-refractivity contribution >= 4 is 11.6 Å². The second kappa shape index (κ2) is 6.87. The number of benzene rings is 2. The van der Waals surface area contributed by atoms with E-state index in [1.807, 2.05) is 6.92 Å². The van der Waals surface area contributed by atoms with Gasteiger partial charge >= 0.3 is 0 Å². The Morgan fingerprint density at radius 1 is 1.19 bits per heavy atom. The van der Waals surface area contributed by atoms with Crippen LogP contribution in [-0.4, -0.2) is 6.04 Å². The summed E-state index contributed by atoms with van der Waals surface area (Å²) in [6.45, 7) is 1.95. The van der Waals surface area contributed by atoms with Crippen molar-refractivity contribution in [2.75, 3.05) is 0 Å². The minimum Gasteiger partial charge on any atom is -0.451 e. The molecule has 0 aromatic heterocycles. The van der Waals surface area contributed by atoms with Crippen LogP contribution in [-0.2, 0) is 6.42 Å². The maximum absolute atomic E-state index is 14.0. The zero-order valence-corrected chi connectivity index (χ0v) is 12.3. The molecule has 0 bridgehead atoms. The number of para-hydroxylation sites is 1. The molecule has 0 heterocycles. The first-order valence-electron chi connectivity index (χ1n) is 6.67. The topological polar surface area (TPSA) is 35.2 Å². The molecule has 0 spiro atoms. The zero-order chi connectivity index (χ0) is 15.4. The fraction of sp³-hybridized carbons (Fsp3) is 0.250. The Hall–Kier alpha value is -1.65. The third kappa shape index (κ3) is 3.71. The smallest absolute Gasteiger partial charge is 0.184 e. The molecule has 1 unspecified atom stereocenters. The Bertz CT molecular complexity index is 634. The van der Waals surface area contributed by atoms with Crippen LogP contribution in [0.25, 0.3) is 0 Å². The van der Waals surface area contributed by atoms with Crippen molar-refractivity contribution in [1.82, 2.24) is 0 Å². The number of hydrogen-bond donors (Lipinski definition) is 1. The first-order chi connectivity index (χ1) is 10.0. The average molecular weight is 312 g/mol. The predicted octanol–water partition coefficient (Wildman–Crippen LogP) is 4.69. The number of rotatable bonds is 5. The quantitative estimate of drug-likeness (QED) is 0.869. The summed E-state index contributed by atoms with van der Waals surface area (Å²) >= 11 is 5.70. The Morgan fingerprint density at radius 2 is 1.90 bits per heavy atom. The molecule has 1 atom stereocenters. The summed E-state index contributed by atoms with van der Waals surface area (Å²) in [5, 5.41) is -0.0735. The fourth-order valence-corrected chi connectivity index (χ4v) is 2.09. The highest BCUT2D eigenvalue weighted by atomic mass is 35.5. The number of halogens is 3. The molecule has 2 aromatic rings. The Balaban J connectivity index is 2.36. The van der Waals surface area contributed by atoms with Crippen LogP contribution in [0.15, 0.2) is 36.4 Å². The normalized spacial score (nSPS) is 12.2. The van der Waals surface area contributed by atoms with E-state index in [9.17, 15) is 8.78 Å². The van der Waals surface area contributed by atoms with Crippen LogP contribution in [0.2, 0.25) is 5.02 Å². The maximum Gasteiger partial charge on any atom is 0.184 e. The molecule has 2 rings (SSSR count). The van der Waals surface area contributed by atoms with E-state index in [1.54, 1.807) is 18.2 Å². The highest BCUT2D eigenvalue weighted by molar-refractivity contribution is 6.30. The van der Waals surface area contributed by atoms with Crippen molar-refractivity contribution in [1.29, 1.82) is 0 Å². The molecule has 0 saturated carbocycles. The SMILES string of the molecule is CCC(N)Cc1cccc(F)c1Oc1cccc(Cl)c1F. The zero-order valence-electron chi connectivity index (χ0n) is 11.6. The van der Waals surface area contributed by atoms with Crippen molar-refractivity contribution in [3.8, 4) is 11.5 Å². The van der Waals surface area contributed by atoms with Crippen molar-refractivity contribution in [3.05, 3.63) is 58.6 Å². The fourth-order valence-electron chi connectivity index (χ4n) is 1.93. The molecule has 2 aromatic carbocycles. The van der Waals surface area contributed by atoms with Crippen LogP contribution >= 0.6 is 11.6 Å². The summed E-state index contributed by atoms with van der Waals surface area (Å²) in [6.07, 6.45) is 1.20. The molecule has 2 N–H and O–H groups in total. The molecule has 0 aliphatic heterocycles. The Kier molecular flexibility index (Phi) is 5.15. The molecular weight excluding hydrogens is 296 g/mol. The lowest BCUT2D eigenvalue weighted by Gasteiger charge is -2.15. The van der Waals surface area contributed by atoms with E-state index in [1.165, 1.54) is 18.2 Å². The first-order valence-corrected chi connectivity index (χ1v) is 7.05. The van der Waals surface area contributed by atoms with Crippen LogP contribution < -0.4 is 10.5 Å². The lowest BCUT2D eigenvalue weighted by molar-refractivity contribution is 0.408. The standard InChI is InChI=1S/C16H16ClF2NO/c1-2-11(20)9-10-5-3-7-13(18)16(10)21-14-8-4-6-12(17)15(14)19/h3-8,11H,2,9,20H2,1H3. The molecule has 0 amide bonds. The average Bonchev–Trinajstić information content (AvgIpc) is 2.47. The van der Waals surface area contributed by atoms with Gasteiger partial charge in [-0.1, -0.05) is 36.7 Å². The Labute approximate surface area is 127 Å². The van der Waals surface area contributed by atoms with Crippen molar-refractivity contribution in [2.24, 2.45) is 5.73 Å². The minimum atomic E-state index is -0.715. The van der Waals surface area contributed by atoms with Crippen molar-refractivity contribution in [3.63, 3.8) is 0 Å². The van der Waals surface area contributed by atoms with Crippen LogP contribution in [0.4, 0.5) is 8.78 Å². The summed E-state index contributed by atoms with van der Waals surface area (Å²) in [4.78, 5) is 0. The van der Waals surface area contributed by atoms with Crippen LogP contribution in [0.1, 0.15) is 18.9 Å². The molecule has 0 aliphatic carbocycles. The minimum absolute atomic E-state index is 0.0115. The van der Waals surface area contributed by atoms with Gasteiger partial charge in [0.05, 0.1) is 5.02 Å². The first kappa shape index (κ1) is 15.7. The van der Waals surface area contributed by atoms with E-state index in [2.05, 4.69) is 0 Å². The summed E-state index contributed by atoms with van der Waals surface area (Å²) in [7, 11) is 0. The lowest BCUT2D eigenvalue weighted by Crippen LogP contribution is -2.21. The van der Waals surface area contributed by atoms with Gasteiger partial charge in [-0.3, -0.25) is 0 Å². The van der Waals surface area contributed by atoms with E-state index in [0.717, 1.165) is 6.42 Å². The van der Waals surface area contributed by atoms with Gasteiger partial charge in [-0.25, -0.2) is 8.78 Å². The lowest BCUT2D eigenvalue weighted by atomic mass is 10.0. The summed E-state index contributed by atoms with van der Waals surface area (Å²) in [6, 6.07) is 8.79. The third-order valence-corrected chi connectivity index (χ3v) is 3.48. The number of nitrogens with two attached hydrogens (primary N) is 1. The molecule has 112 valence electrons. The Morgan fingerprint density at radius 3 is 2.62 bits per heavy atom. The van der Waals surface area contributed by atoms with Crippen LogP contribution in [0.3, 0.4) is 0 Å². The second-order valence-corrected chi connectivity index (χ2v) is 5.16. The van der Waals surface area contributed by atoms with Gasteiger partial charge in [0, 0.05) is 6.04 Å². The highest BCUT2D eigenvalue weighted by Gasteiger charge is 2.16. The van der Waals surface area contributed by atoms with Gasteiger partial charge in [0.25, 0.3) is 0 Å². The van der Waals surface area contributed by atoms with Crippen molar-refractivity contribution in [2.45, 2.75) is 25.8 Å². The van der Waals surface area contributed by atoms with Gasteiger partial charge in [0.2, 0.25) is 0 Å². The molecule has 0 aliphatic rings. The van der Waals surface area contributed by atoms with E-state index in [4.69, 9.17) is 22.1 Å². The molecule has 5 heteroatoms. The van der Waals surface area contributed by atoms with Crippen LogP contribution in [0.5, 0.6) is 11.5 Å². The molecule has 0 saturated heterocycles. The molecule has 0 radical (unpaired) electrons. The molecule has 21 heavy (non-hydrogen) atoms. The molecule has 2 nitrogen and oxygen atoms in total. The highest BCUT2D eigenvalue weighted by Crippen LogP contribution is 2.33. The summed E-state index contributed by atoms with van der Waals surface area (Å²) in [5.41, 5.74) is 6.50. The molecule has 0 fully saturated rings. The number of ether oxygens (including phenoxy) is 1. The van der Waals surface area contributed by atoms with E-state index in [-0.39, 0.29) is 22.6 Å². The van der Waals surface area contributed by atoms with Gasteiger partial charge in [-0.05, 0) is 36.6 Å². The van der Waals surface area contributed by atoms with Gasteiger partial charge in [-0.15, -0.1) is 0 Å². The van der Waals surface area contributed by atoms with Crippen LogP contribution in [0, 0.1) is 11.6 Å². The van der Waals surface area contributed by atoms with Gasteiger partial charge in [-0.2, -0.15) is 0 Å². The monoisotopic (exact) mass is 311 g/mol. The largest absolute Gasteiger partial charge is 0.451 e. The second-order valence-electron chi connectivity index (χ2n) is 4.75. The predicted molar refractivity (Wildman–Crippen MR) is 79.9 cm³/mol. The molecular formula is C16H16ClF2NO. The number of hydrogen-bond acceptors (Lipinski definition) is 2. The van der Waals surface area contributed by atoms with E-state index in [0.29, 0.717) is 12.0 Å². The van der Waals surface area contributed by atoms with E-state index >= 15 is 0 Å². The summed E-state index contributed by atoms with van der Waals surface area (Å²) in [5.74, 6) is -1.40. The summed E-state index contributed by atoms with van der Waals surface area (Å²) < 4.78 is 33.3. The van der Waals surface area contributed by atoms with Gasteiger partial charge in [0.15, 0.2) is 23.1 Å². The third-order valence-electron chi connectivity index (χ3n) is 3.18.